The zero-order valence-electron chi connectivity index (χ0n) is 12.8. The maximum atomic E-state index is 10.3. The molecule has 1 aliphatic rings. The van der Waals surface area contributed by atoms with Crippen molar-refractivity contribution in [2.75, 3.05) is 19.8 Å². The summed E-state index contributed by atoms with van der Waals surface area (Å²) in [6, 6.07) is 8.23. The molecule has 1 aliphatic heterocycles. The standard InChI is InChI=1S/C17H26O3/c1-4-16(2,3)14-5-7-15(8-6-14)20-13-17(18)9-11-19-12-10-17/h5-8,18H,4,9-13H2,1-3H3. The molecule has 1 aromatic rings. The van der Waals surface area contributed by atoms with Gasteiger partial charge in [0.15, 0.2) is 0 Å². The molecule has 0 aromatic heterocycles. The smallest absolute Gasteiger partial charge is 0.119 e. The Kier molecular flexibility index (Phi) is 4.71. The summed E-state index contributed by atoms with van der Waals surface area (Å²) >= 11 is 0. The summed E-state index contributed by atoms with van der Waals surface area (Å²) in [5.41, 5.74) is 0.772. The summed E-state index contributed by atoms with van der Waals surface area (Å²) in [6.45, 7) is 8.26. The lowest BCUT2D eigenvalue weighted by Gasteiger charge is -2.31. The fraction of sp³-hybridized carbons (Fsp3) is 0.647. The van der Waals surface area contributed by atoms with Crippen molar-refractivity contribution in [3.05, 3.63) is 29.8 Å². The summed E-state index contributed by atoms with van der Waals surface area (Å²) in [7, 11) is 0. The van der Waals surface area contributed by atoms with Gasteiger partial charge in [0.2, 0.25) is 0 Å². The van der Waals surface area contributed by atoms with Crippen LogP contribution in [0.15, 0.2) is 24.3 Å². The van der Waals surface area contributed by atoms with Crippen LogP contribution in [0.1, 0.15) is 45.6 Å². The molecule has 112 valence electrons. The molecule has 0 amide bonds. The van der Waals surface area contributed by atoms with Crippen molar-refractivity contribution in [3.63, 3.8) is 0 Å². The second-order valence-corrected chi connectivity index (χ2v) is 6.39. The number of benzene rings is 1. The zero-order valence-corrected chi connectivity index (χ0v) is 12.8. The fourth-order valence-electron chi connectivity index (χ4n) is 2.32. The Balaban J connectivity index is 1.94. The van der Waals surface area contributed by atoms with Crippen LogP contribution in [0.4, 0.5) is 0 Å². The lowest BCUT2D eigenvalue weighted by atomic mass is 9.82. The van der Waals surface area contributed by atoms with E-state index in [2.05, 4.69) is 32.9 Å². The summed E-state index contributed by atoms with van der Waals surface area (Å²) in [6.07, 6.45) is 2.40. The number of hydrogen-bond acceptors (Lipinski definition) is 3. The average Bonchev–Trinajstić information content (AvgIpc) is 2.46. The Morgan fingerprint density at radius 3 is 2.35 bits per heavy atom. The lowest BCUT2D eigenvalue weighted by Crippen LogP contribution is -2.41. The first kappa shape index (κ1) is 15.3. The number of hydrogen-bond donors (Lipinski definition) is 1. The van der Waals surface area contributed by atoms with Crippen molar-refractivity contribution in [2.24, 2.45) is 0 Å². The Labute approximate surface area is 121 Å². The van der Waals surface area contributed by atoms with E-state index in [1.807, 2.05) is 12.1 Å². The van der Waals surface area contributed by atoms with Gasteiger partial charge in [0.1, 0.15) is 18.0 Å². The molecule has 1 N–H and O–H groups in total. The van der Waals surface area contributed by atoms with Crippen molar-refractivity contribution >= 4 is 0 Å². The van der Waals surface area contributed by atoms with Crippen LogP contribution in [-0.2, 0) is 10.2 Å². The molecule has 1 fully saturated rings. The molecular formula is C17H26O3. The largest absolute Gasteiger partial charge is 0.491 e. The van der Waals surface area contributed by atoms with Crippen molar-refractivity contribution in [1.29, 1.82) is 0 Å². The number of aliphatic hydroxyl groups is 1. The summed E-state index contributed by atoms with van der Waals surface area (Å²) < 4.78 is 11.0. The van der Waals surface area contributed by atoms with Crippen molar-refractivity contribution in [1.82, 2.24) is 0 Å². The third-order valence-electron chi connectivity index (χ3n) is 4.45. The van der Waals surface area contributed by atoms with Gasteiger partial charge in [0, 0.05) is 26.1 Å². The summed E-state index contributed by atoms with van der Waals surface area (Å²) in [4.78, 5) is 0. The molecule has 0 saturated carbocycles. The van der Waals surface area contributed by atoms with Gasteiger partial charge in [-0.05, 0) is 29.5 Å². The molecule has 0 unspecified atom stereocenters. The quantitative estimate of drug-likeness (QED) is 0.898. The van der Waals surface area contributed by atoms with Crippen LogP contribution < -0.4 is 4.74 Å². The van der Waals surface area contributed by atoms with Crippen LogP contribution in [0.5, 0.6) is 5.75 Å². The average molecular weight is 278 g/mol. The molecule has 0 radical (unpaired) electrons. The summed E-state index contributed by atoms with van der Waals surface area (Å²) in [5, 5.41) is 10.3. The van der Waals surface area contributed by atoms with E-state index in [0.717, 1.165) is 12.2 Å². The van der Waals surface area contributed by atoms with Gasteiger partial charge in [-0.1, -0.05) is 32.9 Å². The van der Waals surface area contributed by atoms with E-state index in [-0.39, 0.29) is 5.41 Å². The van der Waals surface area contributed by atoms with E-state index in [1.54, 1.807) is 0 Å². The molecule has 0 bridgehead atoms. The minimum absolute atomic E-state index is 0.192. The van der Waals surface area contributed by atoms with E-state index >= 15 is 0 Å². The molecule has 20 heavy (non-hydrogen) atoms. The topological polar surface area (TPSA) is 38.7 Å². The molecule has 0 spiro atoms. The van der Waals surface area contributed by atoms with Crippen LogP contribution in [0, 0.1) is 0 Å². The Hall–Kier alpha value is -1.06. The molecule has 0 atom stereocenters. The first-order valence-corrected chi connectivity index (χ1v) is 7.49. The van der Waals surface area contributed by atoms with Gasteiger partial charge < -0.3 is 14.6 Å². The van der Waals surface area contributed by atoms with E-state index in [1.165, 1.54) is 5.56 Å². The number of rotatable bonds is 5. The molecule has 1 heterocycles. The van der Waals surface area contributed by atoms with Gasteiger partial charge in [0.05, 0.1) is 0 Å². The van der Waals surface area contributed by atoms with E-state index in [0.29, 0.717) is 32.7 Å². The van der Waals surface area contributed by atoms with Crippen LogP contribution >= 0.6 is 0 Å². The highest BCUT2D eigenvalue weighted by Crippen LogP contribution is 2.28. The first-order valence-electron chi connectivity index (χ1n) is 7.49. The van der Waals surface area contributed by atoms with Gasteiger partial charge in [-0.15, -0.1) is 0 Å². The predicted molar refractivity (Wildman–Crippen MR) is 80.3 cm³/mol. The molecular weight excluding hydrogens is 252 g/mol. The van der Waals surface area contributed by atoms with Crippen molar-refractivity contribution < 1.29 is 14.6 Å². The summed E-state index contributed by atoms with van der Waals surface area (Å²) in [5.74, 6) is 0.820. The first-order chi connectivity index (χ1) is 9.45. The SMILES string of the molecule is CCC(C)(C)c1ccc(OCC2(O)CCOCC2)cc1. The highest BCUT2D eigenvalue weighted by molar-refractivity contribution is 5.31. The van der Waals surface area contributed by atoms with E-state index in [9.17, 15) is 5.11 Å². The van der Waals surface area contributed by atoms with Gasteiger partial charge in [-0.2, -0.15) is 0 Å². The minimum atomic E-state index is -0.736. The van der Waals surface area contributed by atoms with Crippen LogP contribution in [0.3, 0.4) is 0 Å². The highest BCUT2D eigenvalue weighted by Gasteiger charge is 2.30. The second-order valence-electron chi connectivity index (χ2n) is 6.39. The molecule has 1 saturated heterocycles. The lowest BCUT2D eigenvalue weighted by molar-refractivity contribution is -0.0855. The van der Waals surface area contributed by atoms with Crippen LogP contribution in [0.2, 0.25) is 0 Å². The molecule has 1 aromatic carbocycles. The van der Waals surface area contributed by atoms with Gasteiger partial charge >= 0.3 is 0 Å². The molecule has 3 heteroatoms. The van der Waals surface area contributed by atoms with Gasteiger partial charge in [-0.25, -0.2) is 0 Å². The number of ether oxygens (including phenoxy) is 2. The van der Waals surface area contributed by atoms with Crippen LogP contribution in [-0.4, -0.2) is 30.5 Å². The zero-order chi connectivity index (χ0) is 14.6. The normalized spacial score (nSPS) is 18.8. The Morgan fingerprint density at radius 2 is 1.80 bits per heavy atom. The van der Waals surface area contributed by atoms with E-state index < -0.39 is 5.60 Å². The van der Waals surface area contributed by atoms with Gasteiger partial charge in [0.25, 0.3) is 0 Å². The van der Waals surface area contributed by atoms with Crippen molar-refractivity contribution in [2.45, 2.75) is 51.0 Å². The van der Waals surface area contributed by atoms with E-state index in [4.69, 9.17) is 9.47 Å². The maximum absolute atomic E-state index is 10.3. The predicted octanol–water partition coefficient (Wildman–Crippen LogP) is 3.29. The molecule has 0 aliphatic carbocycles. The maximum Gasteiger partial charge on any atom is 0.119 e. The Morgan fingerprint density at radius 1 is 1.20 bits per heavy atom. The molecule has 3 nitrogen and oxygen atoms in total. The third-order valence-corrected chi connectivity index (χ3v) is 4.45. The third kappa shape index (κ3) is 3.74. The van der Waals surface area contributed by atoms with Gasteiger partial charge in [-0.3, -0.25) is 0 Å². The monoisotopic (exact) mass is 278 g/mol. The molecule has 2 rings (SSSR count). The fourth-order valence-corrected chi connectivity index (χ4v) is 2.32. The van der Waals surface area contributed by atoms with Crippen LogP contribution in [0.25, 0.3) is 0 Å². The Bertz CT molecular complexity index is 416. The minimum Gasteiger partial charge on any atom is -0.491 e. The second kappa shape index (κ2) is 6.15. The highest BCUT2D eigenvalue weighted by atomic mass is 16.5. The van der Waals surface area contributed by atoms with Crippen molar-refractivity contribution in [3.8, 4) is 5.75 Å².